The summed E-state index contributed by atoms with van der Waals surface area (Å²) in [6.45, 7) is 1.09. The third-order valence-corrected chi connectivity index (χ3v) is 4.53. The fraction of sp³-hybridized carbons (Fsp3) is 0.385. The van der Waals surface area contributed by atoms with Gasteiger partial charge in [-0.25, -0.2) is 8.42 Å². The summed E-state index contributed by atoms with van der Waals surface area (Å²) < 4.78 is 25.7. The fourth-order valence-electron chi connectivity index (χ4n) is 1.41. The number of likely N-dealkylation sites (N-methyl/N-ethyl adjacent to an activating group) is 1. The highest BCUT2D eigenvalue weighted by atomic mass is 32.2. The van der Waals surface area contributed by atoms with E-state index in [2.05, 4.69) is 4.72 Å². The maximum atomic E-state index is 11.7. The number of amides is 1. The Morgan fingerprint density at radius 2 is 1.76 bits per heavy atom. The predicted octanol–water partition coefficient (Wildman–Crippen LogP) is 0.532. The van der Waals surface area contributed by atoms with Crippen LogP contribution in [0.25, 0.3) is 0 Å². The number of nitrogens with one attached hydrogen (secondary N) is 1. The molecule has 1 atom stereocenters. The molecule has 0 fully saturated rings. The highest BCUT2D eigenvalue weighted by molar-refractivity contribution is 7.94. The van der Waals surface area contributed by atoms with E-state index in [-0.39, 0.29) is 18.0 Å². The van der Waals surface area contributed by atoms with E-state index < -0.39 is 21.2 Å². The van der Waals surface area contributed by atoms with E-state index in [4.69, 9.17) is 5.11 Å². The van der Waals surface area contributed by atoms with Crippen molar-refractivity contribution in [1.29, 1.82) is 0 Å². The van der Waals surface area contributed by atoms with Gasteiger partial charge >= 0.3 is 5.97 Å². The highest BCUT2D eigenvalue weighted by Crippen LogP contribution is 2.14. The molecule has 21 heavy (non-hydrogen) atoms. The number of carboxylic acid groups (broad SMARTS) is 1. The van der Waals surface area contributed by atoms with Gasteiger partial charge in [-0.1, -0.05) is 12.1 Å². The largest absolute Gasteiger partial charge is 0.480 e. The topological polar surface area (TPSA) is 104 Å². The minimum atomic E-state index is -3.99. The van der Waals surface area contributed by atoms with Crippen LogP contribution < -0.4 is 4.72 Å². The summed E-state index contributed by atoms with van der Waals surface area (Å²) in [7, 11) is -0.685. The van der Waals surface area contributed by atoms with Gasteiger partial charge in [-0.05, 0) is 24.6 Å². The van der Waals surface area contributed by atoms with Gasteiger partial charge in [0.25, 0.3) is 0 Å². The Bertz CT molecular complexity index is 622. The number of carbonyl (C=O) groups excluding carboxylic acids is 1. The molecule has 1 amide bonds. The summed E-state index contributed by atoms with van der Waals surface area (Å²) in [4.78, 5) is 23.7. The fourth-order valence-corrected chi connectivity index (χ4v) is 2.32. The van der Waals surface area contributed by atoms with Crippen molar-refractivity contribution in [1.82, 2.24) is 4.90 Å². The lowest BCUT2D eigenvalue weighted by Crippen LogP contribution is -2.32. The Morgan fingerprint density at radius 1 is 1.24 bits per heavy atom. The number of rotatable bonds is 6. The second-order valence-electron chi connectivity index (χ2n) is 4.79. The van der Waals surface area contributed by atoms with E-state index in [1.807, 2.05) is 0 Å². The standard InChI is InChI=1S/C13H18N2O5S/c1-9(13(17)18)21(19,20)14-11-6-4-10(5-7-11)8-12(16)15(2)3/h4-7,9,14H,8H2,1-3H3,(H,17,18). The van der Waals surface area contributed by atoms with Crippen LogP contribution in [-0.2, 0) is 26.0 Å². The van der Waals surface area contributed by atoms with Crippen molar-refractivity contribution in [2.75, 3.05) is 18.8 Å². The molecule has 1 aromatic rings. The Kier molecular flexibility index (Phi) is 5.31. The molecule has 0 saturated carbocycles. The lowest BCUT2D eigenvalue weighted by Gasteiger charge is -2.12. The molecular formula is C13H18N2O5S. The van der Waals surface area contributed by atoms with Crippen LogP contribution in [0.3, 0.4) is 0 Å². The summed E-state index contributed by atoms with van der Waals surface area (Å²) in [5, 5.41) is 7.18. The van der Waals surface area contributed by atoms with Crippen LogP contribution in [0, 0.1) is 0 Å². The van der Waals surface area contributed by atoms with Gasteiger partial charge in [0.2, 0.25) is 15.9 Å². The number of hydrogen-bond acceptors (Lipinski definition) is 4. The molecule has 0 radical (unpaired) electrons. The second kappa shape index (κ2) is 6.57. The zero-order valence-corrected chi connectivity index (χ0v) is 12.8. The first-order valence-electron chi connectivity index (χ1n) is 6.17. The molecule has 0 aliphatic heterocycles. The van der Waals surface area contributed by atoms with Crippen LogP contribution in [0.5, 0.6) is 0 Å². The minimum Gasteiger partial charge on any atom is -0.480 e. The predicted molar refractivity (Wildman–Crippen MR) is 78.5 cm³/mol. The molecular weight excluding hydrogens is 296 g/mol. The maximum Gasteiger partial charge on any atom is 0.323 e. The number of anilines is 1. The summed E-state index contributed by atoms with van der Waals surface area (Å²) in [5.41, 5.74) is 0.993. The summed E-state index contributed by atoms with van der Waals surface area (Å²) in [6.07, 6.45) is 0.214. The van der Waals surface area contributed by atoms with E-state index >= 15 is 0 Å². The number of aliphatic carboxylic acids is 1. The molecule has 0 heterocycles. The monoisotopic (exact) mass is 314 g/mol. The van der Waals surface area contributed by atoms with Gasteiger partial charge in [0.1, 0.15) is 0 Å². The maximum absolute atomic E-state index is 11.7. The quantitative estimate of drug-likeness (QED) is 0.797. The smallest absolute Gasteiger partial charge is 0.323 e. The third kappa shape index (κ3) is 4.75. The zero-order valence-electron chi connectivity index (χ0n) is 12.0. The molecule has 1 unspecified atom stereocenters. The molecule has 2 N–H and O–H groups in total. The van der Waals surface area contributed by atoms with Crippen LogP contribution in [-0.4, -0.2) is 49.6 Å². The molecule has 116 valence electrons. The molecule has 1 aromatic carbocycles. The summed E-state index contributed by atoms with van der Waals surface area (Å²) in [5.74, 6) is -1.49. The lowest BCUT2D eigenvalue weighted by atomic mass is 10.1. The van der Waals surface area contributed by atoms with Crippen LogP contribution >= 0.6 is 0 Å². The number of carboxylic acids is 1. The molecule has 0 aliphatic rings. The lowest BCUT2D eigenvalue weighted by molar-refractivity contribution is -0.136. The normalized spacial score (nSPS) is 12.5. The number of hydrogen-bond donors (Lipinski definition) is 2. The molecule has 0 aromatic heterocycles. The average molecular weight is 314 g/mol. The van der Waals surface area contributed by atoms with Crippen LogP contribution in [0.1, 0.15) is 12.5 Å². The van der Waals surface area contributed by atoms with Gasteiger partial charge in [-0.3, -0.25) is 14.3 Å². The number of sulfonamides is 1. The van der Waals surface area contributed by atoms with E-state index in [1.165, 1.54) is 17.0 Å². The second-order valence-corrected chi connectivity index (χ2v) is 6.79. The minimum absolute atomic E-state index is 0.0668. The van der Waals surface area contributed by atoms with Gasteiger partial charge in [-0.15, -0.1) is 0 Å². The Hall–Kier alpha value is -2.09. The summed E-state index contributed by atoms with van der Waals surface area (Å²) >= 11 is 0. The first-order valence-corrected chi connectivity index (χ1v) is 7.71. The highest BCUT2D eigenvalue weighted by Gasteiger charge is 2.27. The zero-order chi connectivity index (χ0) is 16.2. The molecule has 8 heteroatoms. The van der Waals surface area contributed by atoms with Gasteiger partial charge < -0.3 is 10.0 Å². The molecule has 0 bridgehead atoms. The van der Waals surface area contributed by atoms with Crippen molar-refractivity contribution in [2.24, 2.45) is 0 Å². The SMILES string of the molecule is CC(C(=O)O)S(=O)(=O)Nc1ccc(CC(=O)N(C)C)cc1. The van der Waals surface area contributed by atoms with Crippen LogP contribution in [0.2, 0.25) is 0 Å². The van der Waals surface area contributed by atoms with Crippen molar-refractivity contribution in [2.45, 2.75) is 18.6 Å². The van der Waals surface area contributed by atoms with E-state index in [1.54, 1.807) is 26.2 Å². The third-order valence-electron chi connectivity index (χ3n) is 2.88. The molecule has 0 saturated heterocycles. The van der Waals surface area contributed by atoms with Crippen molar-refractivity contribution < 1.29 is 23.1 Å². The molecule has 7 nitrogen and oxygen atoms in total. The number of nitrogens with zero attached hydrogens (tertiary/aromatic N) is 1. The first kappa shape index (κ1) is 17.0. The Morgan fingerprint density at radius 3 is 2.19 bits per heavy atom. The van der Waals surface area contributed by atoms with Gasteiger partial charge in [-0.2, -0.15) is 0 Å². The summed E-state index contributed by atoms with van der Waals surface area (Å²) in [6, 6.07) is 6.21. The Balaban J connectivity index is 2.80. The van der Waals surface area contributed by atoms with Gasteiger partial charge in [0.05, 0.1) is 6.42 Å². The van der Waals surface area contributed by atoms with Crippen molar-refractivity contribution in [3.05, 3.63) is 29.8 Å². The van der Waals surface area contributed by atoms with Gasteiger partial charge in [0.15, 0.2) is 5.25 Å². The van der Waals surface area contributed by atoms with Crippen molar-refractivity contribution >= 4 is 27.6 Å². The van der Waals surface area contributed by atoms with Crippen molar-refractivity contribution in [3.8, 4) is 0 Å². The van der Waals surface area contributed by atoms with E-state index in [0.717, 1.165) is 12.5 Å². The van der Waals surface area contributed by atoms with E-state index in [0.29, 0.717) is 0 Å². The van der Waals surface area contributed by atoms with Gasteiger partial charge in [0, 0.05) is 19.8 Å². The molecule has 0 spiro atoms. The first-order chi connectivity index (χ1) is 9.63. The van der Waals surface area contributed by atoms with Crippen LogP contribution in [0.15, 0.2) is 24.3 Å². The Labute approximate surface area is 123 Å². The molecule has 1 rings (SSSR count). The van der Waals surface area contributed by atoms with Crippen molar-refractivity contribution in [3.63, 3.8) is 0 Å². The molecule has 0 aliphatic carbocycles. The van der Waals surface area contributed by atoms with E-state index in [9.17, 15) is 18.0 Å². The number of benzene rings is 1. The average Bonchev–Trinajstić information content (AvgIpc) is 2.39. The number of carbonyl (C=O) groups is 2. The van der Waals surface area contributed by atoms with Crippen LogP contribution in [0.4, 0.5) is 5.69 Å².